The highest BCUT2D eigenvalue weighted by Crippen LogP contribution is 2.14. The Bertz CT molecular complexity index is 488. The van der Waals surface area contributed by atoms with Crippen molar-refractivity contribution in [2.45, 2.75) is 33.2 Å². The van der Waals surface area contributed by atoms with E-state index in [-0.39, 0.29) is 24.4 Å². The molecule has 0 aliphatic heterocycles. The lowest BCUT2D eigenvalue weighted by Crippen LogP contribution is -2.42. The van der Waals surface area contributed by atoms with E-state index in [1.807, 2.05) is 20.8 Å². The van der Waals surface area contributed by atoms with Crippen molar-refractivity contribution in [1.29, 1.82) is 0 Å². The molecule has 1 heterocycles. The van der Waals surface area contributed by atoms with Gasteiger partial charge in [-0.05, 0) is 33.3 Å². The third-order valence-electron chi connectivity index (χ3n) is 3.03. The Hall–Kier alpha value is -2.11. The molecule has 1 aromatic rings. The molecule has 1 rings (SSSR count). The van der Waals surface area contributed by atoms with Crippen LogP contribution in [0.5, 0.6) is 0 Å². The van der Waals surface area contributed by atoms with Gasteiger partial charge < -0.3 is 14.7 Å². The average molecular weight is 279 g/mol. The normalized spacial score (nSPS) is 11.8. The van der Waals surface area contributed by atoms with Crippen LogP contribution in [0, 0.1) is 13.8 Å². The van der Waals surface area contributed by atoms with Crippen molar-refractivity contribution in [3.8, 4) is 0 Å². The summed E-state index contributed by atoms with van der Waals surface area (Å²) in [5.74, 6) is 0.281. The number of hydrogen-bond acceptors (Lipinski definition) is 4. The van der Waals surface area contributed by atoms with Crippen LogP contribution in [0.2, 0.25) is 0 Å². The van der Waals surface area contributed by atoms with Crippen LogP contribution in [0.1, 0.15) is 23.9 Å². The number of carbonyl (C=O) groups excluding carboxylic acids is 2. The molecule has 0 bridgehead atoms. The number of carbonyl (C=O) groups is 2. The molecule has 2 amide bonds. The molecule has 1 unspecified atom stereocenters. The number of nitrogens with zero attached hydrogens (tertiary/aromatic N) is 2. The van der Waals surface area contributed by atoms with Crippen molar-refractivity contribution in [3.63, 3.8) is 0 Å². The Kier molecular flexibility index (Phi) is 5.49. The standard InChI is InChI=1S/C14H21N3O3/c1-6-14(19)17(5)8-13(18)15-9(2)7-12-10(3)16-20-11(12)4/h6,9H,1,7-8H2,2-5H3,(H,15,18). The summed E-state index contributed by atoms with van der Waals surface area (Å²) in [6.07, 6.45) is 1.83. The second-order valence-electron chi connectivity index (χ2n) is 4.87. The van der Waals surface area contributed by atoms with Gasteiger partial charge in [0.15, 0.2) is 0 Å². The Morgan fingerprint density at radius 2 is 2.15 bits per heavy atom. The summed E-state index contributed by atoms with van der Waals surface area (Å²) in [6, 6.07) is -0.0634. The zero-order chi connectivity index (χ0) is 15.3. The van der Waals surface area contributed by atoms with Crippen molar-refractivity contribution in [3.05, 3.63) is 29.7 Å². The lowest BCUT2D eigenvalue weighted by molar-refractivity contribution is -0.131. The quantitative estimate of drug-likeness (QED) is 0.788. The van der Waals surface area contributed by atoms with Gasteiger partial charge in [0, 0.05) is 18.7 Å². The molecule has 0 aromatic carbocycles. The first-order chi connectivity index (χ1) is 9.35. The number of amides is 2. The minimum absolute atomic E-state index is 0.0107. The predicted octanol–water partition coefficient (Wildman–Crippen LogP) is 0.983. The first-order valence-corrected chi connectivity index (χ1v) is 6.43. The van der Waals surface area contributed by atoms with E-state index >= 15 is 0 Å². The summed E-state index contributed by atoms with van der Waals surface area (Å²) in [5, 5.41) is 6.73. The molecule has 0 spiro atoms. The third-order valence-corrected chi connectivity index (χ3v) is 3.03. The summed E-state index contributed by atoms with van der Waals surface area (Å²) < 4.78 is 5.09. The predicted molar refractivity (Wildman–Crippen MR) is 75.1 cm³/mol. The van der Waals surface area contributed by atoms with E-state index in [9.17, 15) is 9.59 Å². The number of rotatable bonds is 6. The molecule has 1 aromatic heterocycles. The second kappa shape index (κ2) is 6.88. The Balaban J connectivity index is 2.50. The molecule has 0 saturated heterocycles. The van der Waals surface area contributed by atoms with Crippen LogP contribution in [0.4, 0.5) is 0 Å². The highest BCUT2D eigenvalue weighted by Gasteiger charge is 2.16. The minimum atomic E-state index is -0.279. The number of likely N-dealkylation sites (N-methyl/N-ethyl adjacent to an activating group) is 1. The van der Waals surface area contributed by atoms with E-state index in [0.29, 0.717) is 6.42 Å². The zero-order valence-electron chi connectivity index (χ0n) is 12.4. The van der Waals surface area contributed by atoms with E-state index in [0.717, 1.165) is 17.0 Å². The van der Waals surface area contributed by atoms with Gasteiger partial charge in [-0.15, -0.1) is 0 Å². The Morgan fingerprint density at radius 3 is 2.65 bits per heavy atom. The largest absolute Gasteiger partial charge is 0.361 e. The minimum Gasteiger partial charge on any atom is -0.361 e. The van der Waals surface area contributed by atoms with E-state index in [1.54, 1.807) is 7.05 Å². The average Bonchev–Trinajstić information content (AvgIpc) is 2.69. The van der Waals surface area contributed by atoms with Gasteiger partial charge >= 0.3 is 0 Å². The molecule has 0 radical (unpaired) electrons. The van der Waals surface area contributed by atoms with Gasteiger partial charge in [-0.25, -0.2) is 0 Å². The monoisotopic (exact) mass is 279 g/mol. The van der Waals surface area contributed by atoms with Crippen molar-refractivity contribution in [2.75, 3.05) is 13.6 Å². The van der Waals surface area contributed by atoms with Crippen LogP contribution in [0.25, 0.3) is 0 Å². The molecule has 110 valence electrons. The van der Waals surface area contributed by atoms with E-state index in [1.165, 1.54) is 11.0 Å². The molecule has 20 heavy (non-hydrogen) atoms. The molecule has 0 saturated carbocycles. The van der Waals surface area contributed by atoms with Crippen LogP contribution < -0.4 is 5.32 Å². The topological polar surface area (TPSA) is 75.4 Å². The van der Waals surface area contributed by atoms with Crippen LogP contribution in [-0.2, 0) is 16.0 Å². The smallest absolute Gasteiger partial charge is 0.246 e. The molecular weight excluding hydrogens is 258 g/mol. The molecule has 0 fully saturated rings. The van der Waals surface area contributed by atoms with Gasteiger partial charge in [-0.3, -0.25) is 9.59 Å². The third kappa shape index (κ3) is 4.22. The molecule has 0 aliphatic rings. The first kappa shape index (κ1) is 15.9. The maximum Gasteiger partial charge on any atom is 0.246 e. The van der Waals surface area contributed by atoms with E-state index in [2.05, 4.69) is 17.1 Å². The highest BCUT2D eigenvalue weighted by atomic mass is 16.5. The van der Waals surface area contributed by atoms with Gasteiger partial charge in [-0.1, -0.05) is 11.7 Å². The summed E-state index contributed by atoms with van der Waals surface area (Å²) in [7, 11) is 1.56. The molecule has 0 aliphatic carbocycles. The molecule has 1 N–H and O–H groups in total. The van der Waals surface area contributed by atoms with Crippen LogP contribution >= 0.6 is 0 Å². The van der Waals surface area contributed by atoms with Gasteiger partial charge in [0.1, 0.15) is 5.76 Å². The van der Waals surface area contributed by atoms with Crippen LogP contribution in [0.15, 0.2) is 17.2 Å². The fourth-order valence-electron chi connectivity index (χ4n) is 1.92. The van der Waals surface area contributed by atoms with Crippen molar-refractivity contribution < 1.29 is 14.1 Å². The molecular formula is C14H21N3O3. The first-order valence-electron chi connectivity index (χ1n) is 6.43. The highest BCUT2D eigenvalue weighted by molar-refractivity contribution is 5.90. The Labute approximate surface area is 118 Å². The SMILES string of the molecule is C=CC(=O)N(C)CC(=O)NC(C)Cc1c(C)noc1C. The number of nitrogens with one attached hydrogen (secondary N) is 1. The summed E-state index contributed by atoms with van der Waals surface area (Å²) in [4.78, 5) is 24.4. The van der Waals surface area contributed by atoms with Crippen LogP contribution in [0.3, 0.4) is 0 Å². The molecule has 6 nitrogen and oxygen atoms in total. The maximum absolute atomic E-state index is 11.8. The van der Waals surface area contributed by atoms with Gasteiger partial charge in [0.25, 0.3) is 0 Å². The van der Waals surface area contributed by atoms with Gasteiger partial charge in [0.05, 0.1) is 12.2 Å². The van der Waals surface area contributed by atoms with Crippen molar-refractivity contribution >= 4 is 11.8 Å². The van der Waals surface area contributed by atoms with Crippen molar-refractivity contribution in [1.82, 2.24) is 15.4 Å². The maximum atomic E-state index is 11.8. The summed E-state index contributed by atoms with van der Waals surface area (Å²) in [5.41, 5.74) is 1.84. The lowest BCUT2D eigenvalue weighted by atomic mass is 10.1. The van der Waals surface area contributed by atoms with E-state index < -0.39 is 0 Å². The zero-order valence-corrected chi connectivity index (χ0v) is 12.4. The van der Waals surface area contributed by atoms with Crippen molar-refractivity contribution in [2.24, 2.45) is 0 Å². The lowest BCUT2D eigenvalue weighted by Gasteiger charge is -2.18. The van der Waals surface area contributed by atoms with Gasteiger partial charge in [-0.2, -0.15) is 0 Å². The fraction of sp³-hybridized carbons (Fsp3) is 0.500. The molecule has 6 heteroatoms. The second-order valence-corrected chi connectivity index (χ2v) is 4.87. The Morgan fingerprint density at radius 1 is 1.50 bits per heavy atom. The fourth-order valence-corrected chi connectivity index (χ4v) is 1.92. The molecule has 1 atom stereocenters. The number of hydrogen-bond donors (Lipinski definition) is 1. The number of aryl methyl sites for hydroxylation is 2. The van der Waals surface area contributed by atoms with E-state index in [4.69, 9.17) is 4.52 Å². The van der Waals surface area contributed by atoms with Crippen LogP contribution in [-0.4, -0.2) is 41.5 Å². The number of aromatic nitrogens is 1. The van der Waals surface area contributed by atoms with Gasteiger partial charge in [0.2, 0.25) is 11.8 Å². The summed E-state index contributed by atoms with van der Waals surface area (Å²) >= 11 is 0. The summed E-state index contributed by atoms with van der Waals surface area (Å²) in [6.45, 7) is 9.01.